The molecule has 0 aliphatic heterocycles. The lowest BCUT2D eigenvalue weighted by Gasteiger charge is -2.29. The molecule has 5 rings (SSSR count). The number of carbonyl (C=O) groups excluding carboxylic acids is 2. The summed E-state index contributed by atoms with van der Waals surface area (Å²) in [5, 5.41) is 6.08. The van der Waals surface area contributed by atoms with E-state index in [4.69, 9.17) is 16.3 Å². The third-order valence-electron chi connectivity index (χ3n) is 7.39. The summed E-state index contributed by atoms with van der Waals surface area (Å²) in [6.07, 6.45) is 6.41. The largest absolute Gasteiger partial charge is 0.378 e. The van der Waals surface area contributed by atoms with Gasteiger partial charge in [-0.15, -0.1) is 0 Å². The SMILES string of the molecule is CNC(=O)c1ccc(-n2c(=O)n(CC3CCC(NC(=O)c4cc(Cl)cnc4COC)CC3)c3ccccc32)cn1. The molecule has 4 aromatic rings. The van der Waals surface area contributed by atoms with Crippen LogP contribution in [0.3, 0.4) is 0 Å². The van der Waals surface area contributed by atoms with Gasteiger partial charge in [-0.25, -0.2) is 9.78 Å². The Morgan fingerprint density at radius 3 is 2.45 bits per heavy atom. The number of hydrogen-bond donors (Lipinski definition) is 2. The van der Waals surface area contributed by atoms with Crippen molar-refractivity contribution in [1.82, 2.24) is 29.7 Å². The number of carbonyl (C=O) groups is 2. The van der Waals surface area contributed by atoms with Crippen molar-refractivity contribution < 1.29 is 14.3 Å². The Bertz CT molecular complexity index is 1590. The van der Waals surface area contributed by atoms with E-state index < -0.39 is 0 Å². The van der Waals surface area contributed by atoms with Crippen LogP contribution in [0, 0.1) is 5.92 Å². The maximum absolute atomic E-state index is 13.7. The van der Waals surface area contributed by atoms with Crippen LogP contribution >= 0.6 is 11.6 Å². The number of imidazole rings is 1. The van der Waals surface area contributed by atoms with Crippen LogP contribution in [-0.2, 0) is 17.9 Å². The van der Waals surface area contributed by atoms with Crippen molar-refractivity contribution in [2.75, 3.05) is 14.2 Å². The summed E-state index contributed by atoms with van der Waals surface area (Å²) in [4.78, 5) is 47.0. The fourth-order valence-electron chi connectivity index (χ4n) is 5.34. The molecular weight excluding hydrogens is 532 g/mol. The number of nitrogens with one attached hydrogen (secondary N) is 2. The summed E-state index contributed by atoms with van der Waals surface area (Å²) in [5.41, 5.74) is 3.34. The highest BCUT2D eigenvalue weighted by Gasteiger charge is 2.26. The summed E-state index contributed by atoms with van der Waals surface area (Å²) in [7, 11) is 3.11. The fraction of sp³-hybridized carbons (Fsp3) is 0.345. The van der Waals surface area contributed by atoms with E-state index in [1.54, 1.807) is 43.1 Å². The topological polar surface area (TPSA) is 120 Å². The number of methoxy groups -OCH3 is 1. The Morgan fingerprint density at radius 1 is 1.02 bits per heavy atom. The molecule has 0 saturated heterocycles. The van der Waals surface area contributed by atoms with E-state index in [-0.39, 0.29) is 41.8 Å². The second-order valence-electron chi connectivity index (χ2n) is 9.97. The van der Waals surface area contributed by atoms with Crippen molar-refractivity contribution in [3.8, 4) is 5.69 Å². The highest BCUT2D eigenvalue weighted by molar-refractivity contribution is 6.30. The lowest BCUT2D eigenvalue weighted by Crippen LogP contribution is -2.39. The first-order chi connectivity index (χ1) is 19.4. The predicted octanol–water partition coefficient (Wildman–Crippen LogP) is 3.73. The molecule has 0 unspecified atom stereocenters. The van der Waals surface area contributed by atoms with Crippen LogP contribution in [0.4, 0.5) is 0 Å². The number of halogens is 1. The Hall–Kier alpha value is -4.02. The maximum atomic E-state index is 13.7. The van der Waals surface area contributed by atoms with Gasteiger partial charge >= 0.3 is 5.69 Å². The molecule has 208 valence electrons. The van der Waals surface area contributed by atoms with Gasteiger partial charge in [0.1, 0.15) is 5.69 Å². The van der Waals surface area contributed by atoms with Crippen LogP contribution in [0.25, 0.3) is 16.7 Å². The zero-order chi connectivity index (χ0) is 28.2. The number of pyridine rings is 2. The summed E-state index contributed by atoms with van der Waals surface area (Å²) >= 11 is 6.09. The smallest absolute Gasteiger partial charge is 0.333 e. The number of benzene rings is 1. The number of nitrogens with zero attached hydrogens (tertiary/aromatic N) is 4. The van der Waals surface area contributed by atoms with Crippen LogP contribution in [0.15, 0.2) is 59.7 Å². The van der Waals surface area contributed by atoms with E-state index in [0.29, 0.717) is 28.5 Å². The highest BCUT2D eigenvalue weighted by atomic mass is 35.5. The van der Waals surface area contributed by atoms with Crippen molar-refractivity contribution in [1.29, 1.82) is 0 Å². The Morgan fingerprint density at radius 2 is 1.77 bits per heavy atom. The third-order valence-corrected chi connectivity index (χ3v) is 7.59. The normalized spacial score (nSPS) is 17.1. The highest BCUT2D eigenvalue weighted by Crippen LogP contribution is 2.28. The van der Waals surface area contributed by atoms with Gasteiger partial charge in [0.2, 0.25) is 0 Å². The number of rotatable bonds is 8. The van der Waals surface area contributed by atoms with Crippen LogP contribution in [0.5, 0.6) is 0 Å². The monoisotopic (exact) mass is 562 g/mol. The predicted molar refractivity (Wildman–Crippen MR) is 152 cm³/mol. The Balaban J connectivity index is 1.29. The molecule has 3 aromatic heterocycles. The second kappa shape index (κ2) is 12.0. The number of ether oxygens (including phenoxy) is 1. The molecule has 1 aliphatic rings. The first kappa shape index (κ1) is 27.5. The van der Waals surface area contributed by atoms with Gasteiger partial charge in [-0.2, -0.15) is 0 Å². The molecule has 0 radical (unpaired) electrons. The zero-order valence-electron chi connectivity index (χ0n) is 22.4. The minimum Gasteiger partial charge on any atom is -0.378 e. The molecule has 0 spiro atoms. The number of hydrogen-bond acceptors (Lipinski definition) is 6. The fourth-order valence-corrected chi connectivity index (χ4v) is 5.50. The van der Waals surface area contributed by atoms with Crippen molar-refractivity contribution in [2.24, 2.45) is 5.92 Å². The molecule has 2 amide bonds. The zero-order valence-corrected chi connectivity index (χ0v) is 23.1. The Kier molecular flexibility index (Phi) is 8.27. The van der Waals surface area contributed by atoms with Gasteiger partial charge in [-0.3, -0.25) is 23.7 Å². The van der Waals surface area contributed by atoms with Crippen LogP contribution in [-0.4, -0.2) is 51.1 Å². The van der Waals surface area contributed by atoms with Crippen LogP contribution in [0.2, 0.25) is 5.02 Å². The number of fused-ring (bicyclic) bond motifs is 1. The lowest BCUT2D eigenvalue weighted by molar-refractivity contribution is 0.0913. The van der Waals surface area contributed by atoms with Crippen molar-refractivity contribution in [3.63, 3.8) is 0 Å². The van der Waals surface area contributed by atoms with Gasteiger partial charge < -0.3 is 15.4 Å². The summed E-state index contributed by atoms with van der Waals surface area (Å²) in [6, 6.07) is 12.7. The van der Waals surface area contributed by atoms with Crippen molar-refractivity contribution in [3.05, 3.63) is 87.3 Å². The van der Waals surface area contributed by atoms with Gasteiger partial charge in [0.15, 0.2) is 0 Å². The molecule has 1 saturated carbocycles. The van der Waals surface area contributed by atoms with E-state index in [0.717, 1.165) is 36.7 Å². The summed E-state index contributed by atoms with van der Waals surface area (Å²) in [6.45, 7) is 0.802. The average Bonchev–Trinajstić information content (AvgIpc) is 3.25. The molecule has 3 heterocycles. The van der Waals surface area contributed by atoms with Crippen molar-refractivity contribution in [2.45, 2.75) is 44.9 Å². The van der Waals surface area contributed by atoms with Gasteiger partial charge in [-0.1, -0.05) is 23.7 Å². The van der Waals surface area contributed by atoms with E-state index in [2.05, 4.69) is 20.6 Å². The van der Waals surface area contributed by atoms with Crippen molar-refractivity contribution >= 4 is 34.4 Å². The van der Waals surface area contributed by atoms with E-state index >= 15 is 0 Å². The number of para-hydroxylation sites is 2. The van der Waals surface area contributed by atoms with E-state index in [1.807, 2.05) is 28.8 Å². The summed E-state index contributed by atoms with van der Waals surface area (Å²) < 4.78 is 8.63. The second-order valence-corrected chi connectivity index (χ2v) is 10.4. The number of amides is 2. The van der Waals surface area contributed by atoms with Gasteiger partial charge in [0, 0.05) is 32.9 Å². The van der Waals surface area contributed by atoms with Crippen LogP contribution < -0.4 is 16.3 Å². The maximum Gasteiger partial charge on any atom is 0.333 e. The third kappa shape index (κ3) is 5.64. The molecule has 10 nitrogen and oxygen atoms in total. The van der Waals surface area contributed by atoms with E-state index in [1.165, 1.54) is 6.20 Å². The summed E-state index contributed by atoms with van der Waals surface area (Å²) in [5.74, 6) is -0.204. The molecule has 0 bridgehead atoms. The molecule has 40 heavy (non-hydrogen) atoms. The molecular formula is C29H31ClN6O4. The lowest BCUT2D eigenvalue weighted by atomic mass is 9.85. The Labute approximate surface area is 236 Å². The van der Waals surface area contributed by atoms with Crippen LogP contribution in [0.1, 0.15) is 52.2 Å². The average molecular weight is 563 g/mol. The quantitative estimate of drug-likeness (QED) is 0.338. The molecule has 1 aliphatic carbocycles. The molecule has 11 heteroatoms. The van der Waals surface area contributed by atoms with E-state index in [9.17, 15) is 14.4 Å². The van der Waals surface area contributed by atoms with Gasteiger partial charge in [0.25, 0.3) is 11.8 Å². The molecule has 1 aromatic carbocycles. The number of aromatic nitrogens is 4. The minimum atomic E-state index is -0.284. The standard InChI is InChI=1S/C29H31ClN6O4/c1-31-28(38)23-12-11-21(15-33-23)36-26-6-4-3-5-25(26)35(29(36)39)16-18-7-9-20(10-8-18)34-27(37)22-13-19(30)14-32-24(22)17-40-2/h3-6,11-15,18,20H,7-10,16-17H2,1-2H3,(H,31,38)(H,34,37). The van der Waals surface area contributed by atoms with Gasteiger partial charge in [0.05, 0.1) is 45.8 Å². The van der Waals surface area contributed by atoms with Gasteiger partial charge in [-0.05, 0) is 61.9 Å². The first-order valence-corrected chi connectivity index (χ1v) is 13.6. The first-order valence-electron chi connectivity index (χ1n) is 13.2. The molecule has 0 atom stereocenters. The molecule has 1 fully saturated rings. The molecule has 2 N–H and O–H groups in total. The minimum absolute atomic E-state index is 0.0288.